The third-order valence-electron chi connectivity index (χ3n) is 3.00. The molecule has 0 radical (unpaired) electrons. The number of ether oxygens (including phenoxy) is 1. The molecule has 4 N–H and O–H groups in total. The Morgan fingerprint density at radius 2 is 1.95 bits per heavy atom. The SMILES string of the molecule is CNC(=O)C(=N)c1cc(OCc2ccccc2)ccc1N. The zero-order valence-electron chi connectivity index (χ0n) is 11.7. The van der Waals surface area contributed by atoms with Crippen molar-refractivity contribution in [3.63, 3.8) is 0 Å². The van der Waals surface area contributed by atoms with Crippen LogP contribution in [0.3, 0.4) is 0 Å². The van der Waals surface area contributed by atoms with Crippen LogP contribution in [0, 0.1) is 5.41 Å². The molecule has 0 aromatic heterocycles. The number of hydrogen-bond donors (Lipinski definition) is 3. The van der Waals surface area contributed by atoms with Crippen molar-refractivity contribution in [1.29, 1.82) is 5.41 Å². The fraction of sp³-hybridized carbons (Fsp3) is 0.125. The van der Waals surface area contributed by atoms with E-state index in [4.69, 9.17) is 15.9 Å². The molecule has 1 amide bonds. The number of benzene rings is 2. The number of nitrogen functional groups attached to an aromatic ring is 1. The molecule has 21 heavy (non-hydrogen) atoms. The second-order valence-electron chi connectivity index (χ2n) is 4.48. The van der Waals surface area contributed by atoms with Crippen molar-refractivity contribution in [2.45, 2.75) is 6.61 Å². The standard InChI is InChI=1S/C16H17N3O2/c1-19-16(20)15(18)13-9-12(7-8-14(13)17)21-10-11-5-3-2-4-6-11/h2-9,18H,10,17H2,1H3,(H,19,20). The molecule has 0 spiro atoms. The van der Waals surface area contributed by atoms with E-state index in [2.05, 4.69) is 5.32 Å². The van der Waals surface area contributed by atoms with Crippen molar-refractivity contribution in [3.05, 3.63) is 59.7 Å². The summed E-state index contributed by atoms with van der Waals surface area (Å²) in [5, 5.41) is 10.2. The number of amides is 1. The normalized spacial score (nSPS) is 9.95. The highest BCUT2D eigenvalue weighted by molar-refractivity contribution is 6.45. The topological polar surface area (TPSA) is 88.2 Å². The molecule has 0 bridgehead atoms. The van der Waals surface area contributed by atoms with Gasteiger partial charge in [0.1, 0.15) is 18.1 Å². The summed E-state index contributed by atoms with van der Waals surface area (Å²) >= 11 is 0. The molecule has 2 aromatic carbocycles. The molecule has 108 valence electrons. The summed E-state index contributed by atoms with van der Waals surface area (Å²) in [5.41, 5.74) is 7.40. The predicted octanol–water partition coefficient (Wildman–Crippen LogP) is 1.96. The van der Waals surface area contributed by atoms with Crippen molar-refractivity contribution in [1.82, 2.24) is 5.32 Å². The van der Waals surface area contributed by atoms with Crippen molar-refractivity contribution in [2.75, 3.05) is 12.8 Å². The minimum atomic E-state index is -0.484. The molecule has 0 atom stereocenters. The van der Waals surface area contributed by atoms with E-state index >= 15 is 0 Å². The van der Waals surface area contributed by atoms with E-state index < -0.39 is 5.91 Å². The van der Waals surface area contributed by atoms with Gasteiger partial charge in [0.05, 0.1) is 0 Å². The lowest BCUT2D eigenvalue weighted by atomic mass is 10.1. The van der Waals surface area contributed by atoms with Gasteiger partial charge in [-0.3, -0.25) is 10.2 Å². The van der Waals surface area contributed by atoms with Gasteiger partial charge in [0.2, 0.25) is 0 Å². The largest absolute Gasteiger partial charge is 0.489 e. The quantitative estimate of drug-likeness (QED) is 0.579. The summed E-state index contributed by atoms with van der Waals surface area (Å²) in [4.78, 5) is 11.5. The predicted molar refractivity (Wildman–Crippen MR) is 82.5 cm³/mol. The lowest BCUT2D eigenvalue weighted by Gasteiger charge is -2.11. The Bertz CT molecular complexity index is 654. The highest BCUT2D eigenvalue weighted by atomic mass is 16.5. The molecule has 0 aliphatic rings. The van der Waals surface area contributed by atoms with Crippen molar-refractivity contribution < 1.29 is 9.53 Å². The maximum Gasteiger partial charge on any atom is 0.269 e. The summed E-state index contributed by atoms with van der Waals surface area (Å²) in [5.74, 6) is 0.0821. The lowest BCUT2D eigenvalue weighted by Crippen LogP contribution is -2.28. The van der Waals surface area contributed by atoms with E-state index in [9.17, 15) is 4.79 Å². The van der Waals surface area contributed by atoms with Crippen LogP contribution in [-0.4, -0.2) is 18.7 Å². The van der Waals surface area contributed by atoms with Crippen LogP contribution in [0.4, 0.5) is 5.69 Å². The second kappa shape index (κ2) is 6.56. The summed E-state index contributed by atoms with van der Waals surface area (Å²) in [6.45, 7) is 0.414. The number of hydrogen-bond acceptors (Lipinski definition) is 4. The molecular formula is C16H17N3O2. The van der Waals surface area contributed by atoms with Gasteiger partial charge < -0.3 is 15.8 Å². The van der Waals surface area contributed by atoms with Crippen LogP contribution in [0.25, 0.3) is 0 Å². The fourth-order valence-corrected chi connectivity index (χ4v) is 1.83. The van der Waals surface area contributed by atoms with Crippen molar-refractivity contribution >= 4 is 17.3 Å². The van der Waals surface area contributed by atoms with Gasteiger partial charge in [0, 0.05) is 18.3 Å². The lowest BCUT2D eigenvalue weighted by molar-refractivity contribution is -0.114. The number of carbonyl (C=O) groups is 1. The molecule has 0 aliphatic carbocycles. The van der Waals surface area contributed by atoms with Gasteiger partial charge in [-0.05, 0) is 23.8 Å². The smallest absolute Gasteiger partial charge is 0.269 e. The van der Waals surface area contributed by atoms with Crippen LogP contribution in [0.5, 0.6) is 5.75 Å². The Balaban J connectivity index is 2.15. The van der Waals surface area contributed by atoms with Gasteiger partial charge in [-0.25, -0.2) is 0 Å². The number of anilines is 1. The van der Waals surface area contributed by atoms with Gasteiger partial charge in [0.15, 0.2) is 0 Å². The van der Waals surface area contributed by atoms with Crippen LogP contribution >= 0.6 is 0 Å². The molecule has 0 aliphatic heterocycles. The summed E-state index contributed by atoms with van der Waals surface area (Å²) in [6.07, 6.45) is 0. The van der Waals surface area contributed by atoms with Gasteiger partial charge in [-0.15, -0.1) is 0 Å². The Morgan fingerprint density at radius 1 is 1.24 bits per heavy atom. The van der Waals surface area contributed by atoms with Gasteiger partial charge >= 0.3 is 0 Å². The molecule has 2 aromatic rings. The Morgan fingerprint density at radius 3 is 2.62 bits per heavy atom. The first kappa shape index (κ1) is 14.6. The molecule has 5 nitrogen and oxygen atoms in total. The third-order valence-corrected chi connectivity index (χ3v) is 3.00. The summed E-state index contributed by atoms with van der Waals surface area (Å²) in [6, 6.07) is 14.7. The molecule has 0 unspecified atom stereocenters. The minimum absolute atomic E-state index is 0.180. The molecule has 0 saturated heterocycles. The van der Waals surface area contributed by atoms with Crippen LogP contribution in [0.2, 0.25) is 0 Å². The van der Waals surface area contributed by atoms with Gasteiger partial charge in [-0.2, -0.15) is 0 Å². The first-order valence-corrected chi connectivity index (χ1v) is 6.49. The van der Waals surface area contributed by atoms with Crippen LogP contribution < -0.4 is 15.8 Å². The third kappa shape index (κ3) is 3.60. The van der Waals surface area contributed by atoms with Gasteiger partial charge in [0.25, 0.3) is 5.91 Å². The molecule has 5 heteroatoms. The number of nitrogens with two attached hydrogens (primary N) is 1. The van der Waals surface area contributed by atoms with E-state index in [-0.39, 0.29) is 5.71 Å². The van der Waals surface area contributed by atoms with Crippen LogP contribution in [0.15, 0.2) is 48.5 Å². The van der Waals surface area contributed by atoms with Crippen LogP contribution in [0.1, 0.15) is 11.1 Å². The second-order valence-corrected chi connectivity index (χ2v) is 4.48. The summed E-state index contributed by atoms with van der Waals surface area (Å²) in [7, 11) is 1.48. The molecule has 0 fully saturated rings. The average molecular weight is 283 g/mol. The average Bonchev–Trinajstić information content (AvgIpc) is 2.53. The first-order valence-electron chi connectivity index (χ1n) is 6.49. The molecular weight excluding hydrogens is 266 g/mol. The van der Waals surface area contributed by atoms with E-state index in [0.29, 0.717) is 23.6 Å². The fourth-order valence-electron chi connectivity index (χ4n) is 1.83. The highest BCUT2D eigenvalue weighted by Gasteiger charge is 2.14. The number of likely N-dealkylation sites (N-methyl/N-ethyl adjacent to an activating group) is 1. The van der Waals surface area contributed by atoms with E-state index in [1.165, 1.54) is 7.05 Å². The molecule has 0 heterocycles. The monoisotopic (exact) mass is 283 g/mol. The zero-order valence-corrected chi connectivity index (χ0v) is 11.7. The molecule has 2 rings (SSSR count). The Hall–Kier alpha value is -2.82. The number of nitrogens with one attached hydrogen (secondary N) is 2. The maximum atomic E-state index is 11.5. The minimum Gasteiger partial charge on any atom is -0.489 e. The van der Waals surface area contributed by atoms with Crippen molar-refractivity contribution in [3.8, 4) is 5.75 Å². The molecule has 0 saturated carbocycles. The van der Waals surface area contributed by atoms with E-state index in [1.807, 2.05) is 30.3 Å². The van der Waals surface area contributed by atoms with Crippen molar-refractivity contribution in [2.24, 2.45) is 0 Å². The van der Waals surface area contributed by atoms with Gasteiger partial charge in [-0.1, -0.05) is 30.3 Å². The Kier molecular flexibility index (Phi) is 4.56. The van der Waals surface area contributed by atoms with E-state index in [1.54, 1.807) is 18.2 Å². The zero-order chi connectivity index (χ0) is 15.2. The summed E-state index contributed by atoms with van der Waals surface area (Å²) < 4.78 is 5.67. The highest BCUT2D eigenvalue weighted by Crippen LogP contribution is 2.21. The Labute approximate surface area is 123 Å². The maximum absolute atomic E-state index is 11.5. The van der Waals surface area contributed by atoms with E-state index in [0.717, 1.165) is 5.56 Å². The number of rotatable bonds is 5. The first-order chi connectivity index (χ1) is 10.1. The number of carbonyl (C=O) groups excluding carboxylic acids is 1. The van der Waals surface area contributed by atoms with Crippen LogP contribution in [-0.2, 0) is 11.4 Å².